The molecule has 2 aromatic carbocycles. The van der Waals surface area contributed by atoms with E-state index >= 15 is 0 Å². The highest BCUT2D eigenvalue weighted by Gasteiger charge is 2.33. The van der Waals surface area contributed by atoms with Gasteiger partial charge >= 0.3 is 6.03 Å². The van der Waals surface area contributed by atoms with E-state index in [1.807, 2.05) is 35.4 Å². The molecule has 4 rings (SSSR count). The smallest absolute Gasteiger partial charge is 0.341 e. The average molecular weight is 434 g/mol. The summed E-state index contributed by atoms with van der Waals surface area (Å²) in [5.41, 5.74) is 5.21. The number of carbonyl (C=O) groups is 2. The zero-order valence-corrected chi connectivity index (χ0v) is 19.3. The largest absolute Gasteiger partial charge is 0.368 e. The summed E-state index contributed by atoms with van der Waals surface area (Å²) >= 11 is 0. The third-order valence-corrected chi connectivity index (χ3v) is 6.07. The molecule has 0 aromatic heterocycles. The van der Waals surface area contributed by atoms with Crippen molar-refractivity contribution in [3.8, 4) is 0 Å². The van der Waals surface area contributed by atoms with Crippen LogP contribution in [0.4, 0.5) is 10.5 Å². The molecule has 2 aliphatic rings. The predicted octanol–water partition coefficient (Wildman–Crippen LogP) is 3.68. The van der Waals surface area contributed by atoms with E-state index in [-0.39, 0.29) is 18.0 Å². The molecule has 0 spiro atoms. The molecule has 0 saturated carbocycles. The van der Waals surface area contributed by atoms with E-state index in [9.17, 15) is 9.59 Å². The second-order valence-corrected chi connectivity index (χ2v) is 8.82. The first-order valence-electron chi connectivity index (χ1n) is 11.1. The molecule has 1 atom stereocenters. The Kier molecular flexibility index (Phi) is 6.17. The van der Waals surface area contributed by atoms with Crippen molar-refractivity contribution < 1.29 is 9.59 Å². The van der Waals surface area contributed by atoms with Crippen LogP contribution in [-0.2, 0) is 0 Å². The van der Waals surface area contributed by atoms with Crippen LogP contribution < -0.4 is 4.90 Å². The summed E-state index contributed by atoms with van der Waals surface area (Å²) in [7, 11) is 3.51. The van der Waals surface area contributed by atoms with Gasteiger partial charge in [-0.25, -0.2) is 9.80 Å². The molecule has 1 saturated heterocycles. The standard InChI is InChI=1S/C25H31N5O2/c1-18-14-19(2)16-21(15-18)23-8-9-26-30(23)25(32)29-12-10-28(11-13-29)22-7-5-6-20(17-22)24(31)27(3)4/h5-7,9,14-17,23H,8,10-13H2,1-4H3. The van der Waals surface area contributed by atoms with Gasteiger partial charge in [-0.15, -0.1) is 0 Å². The summed E-state index contributed by atoms with van der Waals surface area (Å²) in [4.78, 5) is 31.3. The minimum atomic E-state index is -0.0483. The minimum Gasteiger partial charge on any atom is -0.368 e. The molecule has 32 heavy (non-hydrogen) atoms. The second-order valence-electron chi connectivity index (χ2n) is 8.82. The van der Waals surface area contributed by atoms with E-state index in [1.165, 1.54) is 11.1 Å². The van der Waals surface area contributed by atoms with Gasteiger partial charge in [0, 0.05) is 64.2 Å². The van der Waals surface area contributed by atoms with Gasteiger partial charge in [0.25, 0.3) is 5.91 Å². The number of hydrogen-bond donors (Lipinski definition) is 0. The van der Waals surface area contributed by atoms with E-state index in [1.54, 1.807) is 24.0 Å². The summed E-state index contributed by atoms with van der Waals surface area (Å²) in [6.45, 7) is 6.85. The number of amides is 3. The van der Waals surface area contributed by atoms with E-state index in [0.29, 0.717) is 18.7 Å². The molecule has 0 bridgehead atoms. The number of rotatable bonds is 3. The van der Waals surface area contributed by atoms with Crippen LogP contribution in [0.3, 0.4) is 0 Å². The van der Waals surface area contributed by atoms with Crippen molar-refractivity contribution in [2.24, 2.45) is 5.10 Å². The van der Waals surface area contributed by atoms with Gasteiger partial charge in [0.05, 0.1) is 6.04 Å². The highest BCUT2D eigenvalue weighted by molar-refractivity contribution is 5.94. The molecule has 2 aromatic rings. The Bertz CT molecular complexity index is 1020. The first-order valence-corrected chi connectivity index (χ1v) is 11.1. The van der Waals surface area contributed by atoms with E-state index < -0.39 is 0 Å². The first kappa shape index (κ1) is 21.9. The number of hydrogen-bond acceptors (Lipinski definition) is 4. The normalized spacial score (nSPS) is 18.2. The zero-order chi connectivity index (χ0) is 22.8. The Hall–Kier alpha value is -3.35. The van der Waals surface area contributed by atoms with Crippen molar-refractivity contribution in [1.82, 2.24) is 14.8 Å². The molecule has 7 heteroatoms. The van der Waals surface area contributed by atoms with Crippen LogP contribution in [-0.4, -0.2) is 73.2 Å². The van der Waals surface area contributed by atoms with Gasteiger partial charge in [0.15, 0.2) is 0 Å². The second kappa shape index (κ2) is 9.02. The lowest BCUT2D eigenvalue weighted by atomic mass is 10.00. The lowest BCUT2D eigenvalue weighted by Gasteiger charge is -2.38. The Morgan fingerprint density at radius 2 is 1.66 bits per heavy atom. The third kappa shape index (κ3) is 4.47. The third-order valence-electron chi connectivity index (χ3n) is 6.07. The first-order chi connectivity index (χ1) is 15.3. The van der Waals surface area contributed by atoms with Crippen molar-refractivity contribution in [2.45, 2.75) is 26.3 Å². The van der Waals surface area contributed by atoms with Crippen LogP contribution in [0.2, 0.25) is 0 Å². The maximum atomic E-state index is 13.3. The van der Waals surface area contributed by atoms with Crippen molar-refractivity contribution >= 4 is 23.8 Å². The maximum absolute atomic E-state index is 13.3. The van der Waals surface area contributed by atoms with Gasteiger partial charge in [-0.05, 0) is 37.6 Å². The van der Waals surface area contributed by atoms with Crippen molar-refractivity contribution in [3.05, 3.63) is 64.7 Å². The molecule has 7 nitrogen and oxygen atoms in total. The van der Waals surface area contributed by atoms with Crippen LogP contribution in [0.5, 0.6) is 0 Å². The van der Waals surface area contributed by atoms with Crippen LogP contribution in [0.1, 0.15) is 39.5 Å². The van der Waals surface area contributed by atoms with Gasteiger partial charge in [-0.1, -0.05) is 35.4 Å². The van der Waals surface area contributed by atoms with Gasteiger partial charge in [0.1, 0.15) is 0 Å². The van der Waals surface area contributed by atoms with Gasteiger partial charge < -0.3 is 14.7 Å². The number of urea groups is 1. The zero-order valence-electron chi connectivity index (χ0n) is 19.3. The fourth-order valence-electron chi connectivity index (χ4n) is 4.47. The maximum Gasteiger partial charge on any atom is 0.341 e. The summed E-state index contributed by atoms with van der Waals surface area (Å²) in [5, 5.41) is 6.05. The van der Waals surface area contributed by atoms with Gasteiger partial charge in [0.2, 0.25) is 0 Å². The molecule has 2 heterocycles. The molecule has 2 aliphatic heterocycles. The topological polar surface area (TPSA) is 59.5 Å². The number of hydrazone groups is 1. The Morgan fingerprint density at radius 1 is 0.969 bits per heavy atom. The van der Waals surface area contributed by atoms with Crippen molar-refractivity contribution in [1.29, 1.82) is 0 Å². The van der Waals surface area contributed by atoms with Crippen LogP contribution in [0, 0.1) is 13.8 Å². The Morgan fingerprint density at radius 3 is 2.31 bits per heavy atom. The SMILES string of the molecule is Cc1cc(C)cc(C2CC=NN2C(=O)N2CCN(c3cccc(C(=O)N(C)C)c3)CC2)c1. The minimum absolute atomic E-state index is 0.00927. The van der Waals surface area contributed by atoms with Crippen LogP contribution in [0.25, 0.3) is 0 Å². The average Bonchev–Trinajstić information content (AvgIpc) is 3.27. The lowest BCUT2D eigenvalue weighted by molar-refractivity contribution is 0.0827. The monoisotopic (exact) mass is 433 g/mol. The van der Waals surface area contributed by atoms with Crippen molar-refractivity contribution in [3.63, 3.8) is 0 Å². The quantitative estimate of drug-likeness (QED) is 0.742. The highest BCUT2D eigenvalue weighted by Crippen LogP contribution is 2.31. The molecule has 168 valence electrons. The van der Waals surface area contributed by atoms with Crippen LogP contribution >= 0.6 is 0 Å². The van der Waals surface area contributed by atoms with E-state index in [2.05, 4.69) is 42.0 Å². The fraction of sp³-hybridized carbons (Fsp3) is 0.400. The lowest BCUT2D eigenvalue weighted by Crippen LogP contribution is -2.52. The van der Waals surface area contributed by atoms with Gasteiger partial charge in [-0.2, -0.15) is 5.10 Å². The number of piperazine rings is 1. The van der Waals surface area contributed by atoms with E-state index in [0.717, 1.165) is 30.8 Å². The summed E-state index contributed by atoms with van der Waals surface area (Å²) in [6.07, 6.45) is 2.57. The number of aryl methyl sites for hydroxylation is 2. The molecule has 0 aliphatic carbocycles. The molecule has 1 fully saturated rings. The summed E-state index contributed by atoms with van der Waals surface area (Å²) in [5.74, 6) is -0.00927. The molecular weight excluding hydrogens is 402 g/mol. The fourth-order valence-corrected chi connectivity index (χ4v) is 4.47. The Labute approximate surface area is 189 Å². The molecule has 1 unspecified atom stereocenters. The summed E-state index contributed by atoms with van der Waals surface area (Å²) < 4.78 is 0. The Balaban J connectivity index is 1.42. The number of carbonyl (C=O) groups excluding carboxylic acids is 2. The molecular formula is C25H31N5O2. The van der Waals surface area contributed by atoms with E-state index in [4.69, 9.17) is 0 Å². The van der Waals surface area contributed by atoms with Crippen LogP contribution in [0.15, 0.2) is 47.6 Å². The molecule has 0 radical (unpaired) electrons. The van der Waals surface area contributed by atoms with Gasteiger partial charge in [-0.3, -0.25) is 4.79 Å². The highest BCUT2D eigenvalue weighted by atomic mass is 16.2. The molecule has 3 amide bonds. The predicted molar refractivity (Wildman–Crippen MR) is 127 cm³/mol. The number of anilines is 1. The number of benzene rings is 2. The summed E-state index contributed by atoms with van der Waals surface area (Å²) in [6, 6.07) is 14.0. The molecule has 0 N–H and O–H groups in total. The van der Waals surface area contributed by atoms with Crippen molar-refractivity contribution in [2.75, 3.05) is 45.2 Å². The number of nitrogens with zero attached hydrogens (tertiary/aromatic N) is 5.